The van der Waals surface area contributed by atoms with Crippen molar-refractivity contribution >= 4 is 29.2 Å². The fourth-order valence-corrected chi connectivity index (χ4v) is 2.19. The van der Waals surface area contributed by atoms with Crippen LogP contribution in [-0.2, 0) is 14.3 Å². The number of hydrogen-bond donors (Lipinski definition) is 1. The maximum atomic E-state index is 13.3. The van der Waals surface area contributed by atoms with E-state index in [4.69, 9.17) is 11.6 Å². The van der Waals surface area contributed by atoms with Crippen LogP contribution in [0.15, 0.2) is 29.4 Å². The lowest BCUT2D eigenvalue weighted by Crippen LogP contribution is -2.58. The van der Waals surface area contributed by atoms with Gasteiger partial charge in [-0.15, -0.1) is 0 Å². The topological polar surface area (TPSA) is 79.2 Å². The first kappa shape index (κ1) is 18.2. The monoisotopic (exact) mass is 364 g/mol. The molecule has 130 valence electrons. The molecule has 1 N–H and O–H groups in total. The molecule has 1 aromatic rings. The van der Waals surface area contributed by atoms with Crippen molar-refractivity contribution in [2.24, 2.45) is 5.10 Å². The lowest BCUT2D eigenvalue weighted by atomic mass is 10.0. The van der Waals surface area contributed by atoms with Crippen LogP contribution < -0.4 is 0 Å². The quantitative estimate of drug-likeness (QED) is 0.644. The van der Waals surface area contributed by atoms with Gasteiger partial charge in [0.1, 0.15) is 0 Å². The molecule has 0 saturated carbocycles. The van der Waals surface area contributed by atoms with Gasteiger partial charge in [-0.2, -0.15) is 23.3 Å². The minimum atomic E-state index is -5.23. The molecule has 1 aliphatic heterocycles. The predicted molar refractivity (Wildman–Crippen MR) is 77.1 cm³/mol. The molecule has 0 aromatic heterocycles. The van der Waals surface area contributed by atoms with Gasteiger partial charge in [0, 0.05) is 5.02 Å². The fourth-order valence-electron chi connectivity index (χ4n) is 2.06. The molecule has 1 heterocycles. The van der Waals surface area contributed by atoms with E-state index in [1.165, 1.54) is 31.2 Å². The van der Waals surface area contributed by atoms with E-state index in [0.717, 1.165) is 0 Å². The number of aliphatic hydroxyl groups is 1. The first-order chi connectivity index (χ1) is 11.1. The van der Waals surface area contributed by atoms with E-state index in [1.54, 1.807) is 0 Å². The minimum Gasteiger partial charge on any atom is -0.459 e. The summed E-state index contributed by atoms with van der Waals surface area (Å²) in [7, 11) is 0. The van der Waals surface area contributed by atoms with E-state index in [1.807, 2.05) is 0 Å². The Morgan fingerprint density at radius 2 is 1.96 bits per heavy atom. The molecule has 0 fully saturated rings. The second kappa shape index (κ2) is 6.40. The highest BCUT2D eigenvalue weighted by Gasteiger charge is 2.64. The molecule has 0 radical (unpaired) electrons. The van der Waals surface area contributed by atoms with Crippen LogP contribution in [0, 0.1) is 0 Å². The molecule has 0 saturated heterocycles. The average molecular weight is 365 g/mol. The summed E-state index contributed by atoms with van der Waals surface area (Å²) in [5, 5.41) is 13.6. The van der Waals surface area contributed by atoms with Gasteiger partial charge in [0.15, 0.2) is 0 Å². The van der Waals surface area contributed by atoms with Crippen LogP contribution in [0.3, 0.4) is 0 Å². The third-order valence-corrected chi connectivity index (χ3v) is 3.51. The molecule has 1 atom stereocenters. The summed E-state index contributed by atoms with van der Waals surface area (Å²) in [6, 6.07) is 5.61. The zero-order valence-electron chi connectivity index (χ0n) is 12.3. The molecule has 0 spiro atoms. The van der Waals surface area contributed by atoms with E-state index >= 15 is 0 Å². The highest BCUT2D eigenvalue weighted by atomic mass is 35.5. The number of benzene rings is 1. The Balaban J connectivity index is 2.43. The number of halogens is 4. The van der Waals surface area contributed by atoms with Gasteiger partial charge in [-0.1, -0.05) is 23.7 Å². The van der Waals surface area contributed by atoms with Gasteiger partial charge in [0.2, 0.25) is 0 Å². The second-order valence-corrected chi connectivity index (χ2v) is 5.32. The number of rotatable bonds is 2. The van der Waals surface area contributed by atoms with Gasteiger partial charge in [-0.25, -0.2) is 4.79 Å². The van der Waals surface area contributed by atoms with Crippen molar-refractivity contribution in [3.8, 4) is 0 Å². The van der Waals surface area contributed by atoms with E-state index in [9.17, 15) is 27.9 Å². The van der Waals surface area contributed by atoms with Crippen molar-refractivity contribution in [1.29, 1.82) is 0 Å². The maximum absolute atomic E-state index is 13.3. The van der Waals surface area contributed by atoms with E-state index < -0.39 is 30.2 Å². The Kier molecular flexibility index (Phi) is 4.86. The highest BCUT2D eigenvalue weighted by molar-refractivity contribution is 6.33. The van der Waals surface area contributed by atoms with Gasteiger partial charge in [-0.05, 0) is 24.6 Å². The Bertz CT molecular complexity index is 690. The number of alkyl halides is 3. The normalized spacial score (nSPS) is 20.8. The van der Waals surface area contributed by atoms with Crippen LogP contribution in [0.25, 0.3) is 0 Å². The van der Waals surface area contributed by atoms with Gasteiger partial charge >= 0.3 is 18.1 Å². The molecule has 10 heteroatoms. The number of carbonyl (C=O) groups is 2. The number of hydrazone groups is 1. The fraction of sp³-hybridized carbons (Fsp3) is 0.357. The minimum absolute atomic E-state index is 0.212. The Morgan fingerprint density at radius 3 is 2.46 bits per heavy atom. The van der Waals surface area contributed by atoms with Crippen molar-refractivity contribution in [2.45, 2.75) is 25.2 Å². The third-order valence-electron chi connectivity index (χ3n) is 3.26. The Labute approximate surface area is 139 Å². The molecule has 0 unspecified atom stereocenters. The zero-order valence-corrected chi connectivity index (χ0v) is 13.1. The first-order valence-corrected chi connectivity index (χ1v) is 7.11. The number of hydrogen-bond acceptors (Lipinski definition) is 5. The zero-order chi connectivity index (χ0) is 18.1. The summed E-state index contributed by atoms with van der Waals surface area (Å²) in [6.07, 6.45) is -6.25. The van der Waals surface area contributed by atoms with E-state index in [0.29, 0.717) is 5.02 Å². The molecule has 6 nitrogen and oxygen atoms in total. The van der Waals surface area contributed by atoms with Crippen LogP contribution in [0.4, 0.5) is 13.2 Å². The molecule has 24 heavy (non-hydrogen) atoms. The molecule has 1 aliphatic rings. The van der Waals surface area contributed by atoms with Crippen molar-refractivity contribution in [2.75, 3.05) is 6.61 Å². The molecule has 1 aromatic carbocycles. The Morgan fingerprint density at radius 1 is 1.38 bits per heavy atom. The number of carbonyl (C=O) groups excluding carboxylic acids is 2. The summed E-state index contributed by atoms with van der Waals surface area (Å²) >= 11 is 5.71. The van der Waals surface area contributed by atoms with E-state index in [-0.39, 0.29) is 22.9 Å². The summed E-state index contributed by atoms with van der Waals surface area (Å²) < 4.78 is 44.2. The summed E-state index contributed by atoms with van der Waals surface area (Å²) in [4.78, 5) is 23.3. The van der Waals surface area contributed by atoms with Crippen LogP contribution in [0.2, 0.25) is 5.02 Å². The van der Waals surface area contributed by atoms with Crippen molar-refractivity contribution in [3.05, 3.63) is 34.9 Å². The van der Waals surface area contributed by atoms with Gasteiger partial charge in [0.05, 0.1) is 18.7 Å². The number of amides is 1. The summed E-state index contributed by atoms with van der Waals surface area (Å²) in [6.45, 7) is 1.17. The molecule has 2 rings (SSSR count). The lowest BCUT2D eigenvalue weighted by Gasteiger charge is -2.31. The molecular weight excluding hydrogens is 353 g/mol. The maximum Gasteiger partial charge on any atom is 0.438 e. The molecular formula is C14H12ClF3N2O4. The first-order valence-electron chi connectivity index (χ1n) is 6.74. The van der Waals surface area contributed by atoms with Crippen LogP contribution >= 0.6 is 11.6 Å². The predicted octanol–water partition coefficient (Wildman–Crippen LogP) is 2.09. The number of nitrogens with zero attached hydrogens (tertiary/aromatic N) is 2. The standard InChI is InChI=1S/C14H12ClF3N2O4/c1-2-24-12(22)11(21)20-13(23,14(16,17)18)7-10(19-20)8-3-5-9(15)6-4-8/h3-6,23H,2,7H2,1H3/t13-/m0/s1. The van der Waals surface area contributed by atoms with Crippen LogP contribution in [-0.4, -0.2) is 46.2 Å². The average Bonchev–Trinajstić information content (AvgIpc) is 2.86. The molecule has 0 bridgehead atoms. The number of ether oxygens (including phenoxy) is 1. The second-order valence-electron chi connectivity index (χ2n) is 4.88. The van der Waals surface area contributed by atoms with E-state index in [2.05, 4.69) is 9.84 Å². The SMILES string of the molecule is CCOC(=O)C(=O)N1N=C(c2ccc(Cl)cc2)C[C@]1(O)C(F)(F)F. The third kappa shape index (κ3) is 3.22. The van der Waals surface area contributed by atoms with Crippen molar-refractivity contribution < 1.29 is 32.6 Å². The van der Waals surface area contributed by atoms with Crippen molar-refractivity contribution in [3.63, 3.8) is 0 Å². The molecule has 1 amide bonds. The van der Waals surface area contributed by atoms with Gasteiger partial charge < -0.3 is 9.84 Å². The van der Waals surface area contributed by atoms with Gasteiger partial charge in [-0.3, -0.25) is 4.79 Å². The highest BCUT2D eigenvalue weighted by Crippen LogP contribution is 2.41. The van der Waals surface area contributed by atoms with Crippen molar-refractivity contribution in [1.82, 2.24) is 5.01 Å². The lowest BCUT2D eigenvalue weighted by molar-refractivity contribution is -0.302. The van der Waals surface area contributed by atoms with Gasteiger partial charge in [0.25, 0.3) is 5.72 Å². The largest absolute Gasteiger partial charge is 0.459 e. The number of esters is 1. The smallest absolute Gasteiger partial charge is 0.438 e. The molecule has 0 aliphatic carbocycles. The van der Waals surface area contributed by atoms with Crippen LogP contribution in [0.1, 0.15) is 18.9 Å². The summed E-state index contributed by atoms with van der Waals surface area (Å²) in [5.74, 6) is -3.25. The Hall–Kier alpha value is -2.13. The van der Waals surface area contributed by atoms with Crippen LogP contribution in [0.5, 0.6) is 0 Å². The summed E-state index contributed by atoms with van der Waals surface area (Å²) in [5.41, 5.74) is -3.63.